The van der Waals surface area contributed by atoms with Crippen LogP contribution in [0.15, 0.2) is 10.9 Å². The van der Waals surface area contributed by atoms with Gasteiger partial charge in [0.05, 0.1) is 19.1 Å². The molecule has 0 fully saturated rings. The van der Waals surface area contributed by atoms with Crippen molar-refractivity contribution in [2.45, 2.75) is 12.8 Å². The van der Waals surface area contributed by atoms with Crippen LogP contribution in [0.2, 0.25) is 0 Å². The highest BCUT2D eigenvalue weighted by molar-refractivity contribution is 5.71. The summed E-state index contributed by atoms with van der Waals surface area (Å²) in [6.45, 7) is 0. The maximum Gasteiger partial charge on any atom is 0.308 e. The van der Waals surface area contributed by atoms with Gasteiger partial charge in [-0.1, -0.05) is 0 Å². The number of aromatic amines is 1. The van der Waals surface area contributed by atoms with Gasteiger partial charge in [0.1, 0.15) is 0 Å². The number of nitrogens with one attached hydrogen (secondary N) is 1. The Balaban J connectivity index is 3.28. The smallest absolute Gasteiger partial charge is 0.308 e. The highest BCUT2D eigenvalue weighted by atomic mass is 19.3. The first-order valence-electron chi connectivity index (χ1n) is 4.25. The zero-order valence-electron chi connectivity index (χ0n) is 8.29. The van der Waals surface area contributed by atoms with Gasteiger partial charge in [-0.3, -0.25) is 14.6 Å². The number of alkyl halides is 2. The largest absolute Gasteiger partial charge is 0.482 e. The predicted molar refractivity (Wildman–Crippen MR) is 49.9 cm³/mol. The molecule has 0 amide bonds. The number of ether oxygens (including phenoxy) is 1. The Kier molecular flexibility index (Phi) is 3.60. The van der Waals surface area contributed by atoms with Gasteiger partial charge in [0, 0.05) is 5.56 Å². The van der Waals surface area contributed by atoms with Gasteiger partial charge in [-0.25, -0.2) is 8.78 Å². The van der Waals surface area contributed by atoms with Gasteiger partial charge in [-0.2, -0.15) is 0 Å². The van der Waals surface area contributed by atoms with Crippen molar-refractivity contribution in [2.75, 3.05) is 7.11 Å². The number of methoxy groups -OCH3 is 1. The molecule has 0 aliphatic rings. The van der Waals surface area contributed by atoms with Crippen LogP contribution in [-0.4, -0.2) is 23.2 Å². The van der Waals surface area contributed by atoms with Gasteiger partial charge in [-0.15, -0.1) is 0 Å². The summed E-state index contributed by atoms with van der Waals surface area (Å²) < 4.78 is 29.4. The Labute approximate surface area is 88.7 Å². The first-order chi connectivity index (χ1) is 7.45. The van der Waals surface area contributed by atoms with Crippen molar-refractivity contribution >= 4 is 5.97 Å². The Morgan fingerprint density at radius 1 is 1.62 bits per heavy atom. The molecule has 0 atom stereocenters. The van der Waals surface area contributed by atoms with Gasteiger partial charge in [-0.05, 0) is 6.07 Å². The molecule has 0 aliphatic carbocycles. The molecule has 1 aromatic rings. The average molecular weight is 233 g/mol. The molecule has 1 heterocycles. The molecule has 1 aromatic heterocycles. The number of rotatable bonds is 4. The van der Waals surface area contributed by atoms with Crippen LogP contribution in [0.3, 0.4) is 0 Å². The first-order valence-corrected chi connectivity index (χ1v) is 4.25. The molecule has 0 aromatic carbocycles. The second kappa shape index (κ2) is 4.73. The minimum absolute atomic E-state index is 0.00454. The van der Waals surface area contributed by atoms with E-state index >= 15 is 0 Å². The fourth-order valence-electron chi connectivity index (χ4n) is 1.21. The van der Waals surface area contributed by atoms with E-state index in [1.54, 1.807) is 0 Å². The van der Waals surface area contributed by atoms with E-state index < -0.39 is 29.9 Å². The summed E-state index contributed by atoms with van der Waals surface area (Å²) in [6.07, 6.45) is -3.46. The maximum atomic E-state index is 12.4. The molecule has 0 unspecified atom stereocenters. The van der Waals surface area contributed by atoms with Crippen molar-refractivity contribution in [3.8, 4) is 5.88 Å². The number of carboxylic acid groups (broad SMARTS) is 1. The second-order valence-electron chi connectivity index (χ2n) is 2.98. The van der Waals surface area contributed by atoms with Gasteiger partial charge in [0.25, 0.3) is 12.0 Å². The normalized spacial score (nSPS) is 10.5. The summed E-state index contributed by atoms with van der Waals surface area (Å²) in [5.74, 6) is -1.32. The van der Waals surface area contributed by atoms with Crippen LogP contribution in [0.5, 0.6) is 5.88 Å². The molecule has 0 aliphatic heterocycles. The molecule has 88 valence electrons. The Hall–Kier alpha value is -1.92. The van der Waals surface area contributed by atoms with Crippen LogP contribution in [0, 0.1) is 0 Å². The highest BCUT2D eigenvalue weighted by Gasteiger charge is 2.17. The van der Waals surface area contributed by atoms with E-state index in [9.17, 15) is 18.4 Å². The van der Waals surface area contributed by atoms with Gasteiger partial charge >= 0.3 is 5.97 Å². The minimum atomic E-state index is -2.96. The average Bonchev–Trinajstić information content (AvgIpc) is 2.18. The van der Waals surface area contributed by atoms with Crippen LogP contribution in [0.4, 0.5) is 8.78 Å². The highest BCUT2D eigenvalue weighted by Crippen LogP contribution is 2.20. The monoisotopic (exact) mass is 233 g/mol. The first kappa shape index (κ1) is 12.2. The molecule has 0 radical (unpaired) electrons. The number of aliphatic carboxylic acids is 1. The van der Waals surface area contributed by atoms with Crippen LogP contribution >= 0.6 is 0 Å². The molecule has 0 bridgehead atoms. The number of H-pyrrole nitrogens is 1. The third-order valence-corrected chi connectivity index (χ3v) is 1.89. The lowest BCUT2D eigenvalue weighted by molar-refractivity contribution is -0.136. The summed E-state index contributed by atoms with van der Waals surface area (Å²) in [4.78, 5) is 23.6. The number of carboxylic acids is 1. The molecule has 1 rings (SSSR count). The SMILES string of the molecule is COc1[nH]c(=O)c(C(F)F)cc1CC(=O)O. The molecule has 16 heavy (non-hydrogen) atoms. The molecule has 7 heteroatoms. The van der Waals surface area contributed by atoms with Crippen molar-refractivity contribution in [2.24, 2.45) is 0 Å². The van der Waals surface area contributed by atoms with E-state index in [0.29, 0.717) is 0 Å². The molecular weight excluding hydrogens is 224 g/mol. The molecule has 5 nitrogen and oxygen atoms in total. The number of aromatic nitrogens is 1. The molecule has 0 spiro atoms. The van der Waals surface area contributed by atoms with Gasteiger partial charge < -0.3 is 9.84 Å². The van der Waals surface area contributed by atoms with Crippen LogP contribution in [0.25, 0.3) is 0 Å². The lowest BCUT2D eigenvalue weighted by Gasteiger charge is -2.08. The lowest BCUT2D eigenvalue weighted by Crippen LogP contribution is -2.16. The van der Waals surface area contributed by atoms with Crippen LogP contribution in [0.1, 0.15) is 17.6 Å². The van der Waals surface area contributed by atoms with E-state index in [-0.39, 0.29) is 11.4 Å². The number of carbonyl (C=O) groups is 1. The zero-order chi connectivity index (χ0) is 12.3. The van der Waals surface area contributed by atoms with E-state index in [1.165, 1.54) is 7.11 Å². The molecule has 0 saturated carbocycles. The van der Waals surface area contributed by atoms with E-state index in [1.807, 2.05) is 0 Å². The summed E-state index contributed by atoms with van der Waals surface area (Å²) in [6, 6.07) is 0.844. The predicted octanol–water partition coefficient (Wildman–Crippen LogP) is 0.948. The molecule has 0 saturated heterocycles. The quantitative estimate of drug-likeness (QED) is 0.811. The fourth-order valence-corrected chi connectivity index (χ4v) is 1.21. The third-order valence-electron chi connectivity index (χ3n) is 1.89. The second-order valence-corrected chi connectivity index (χ2v) is 2.98. The molecule has 2 N–H and O–H groups in total. The third kappa shape index (κ3) is 2.56. The van der Waals surface area contributed by atoms with Gasteiger partial charge in [0.15, 0.2) is 5.88 Å². The number of hydrogen-bond acceptors (Lipinski definition) is 3. The standard InChI is InChI=1S/C9H9F2NO4/c1-16-9-4(3-6(13)14)2-5(7(10)11)8(15)12-9/h2,7H,3H2,1H3,(H,12,15)(H,13,14). The topological polar surface area (TPSA) is 79.4 Å². The number of halogens is 2. The van der Waals surface area contributed by atoms with Crippen LogP contribution < -0.4 is 10.3 Å². The minimum Gasteiger partial charge on any atom is -0.482 e. The van der Waals surface area contributed by atoms with Crippen molar-refractivity contribution in [1.29, 1.82) is 0 Å². The summed E-state index contributed by atoms with van der Waals surface area (Å²) in [5.41, 5.74) is -1.75. The van der Waals surface area contributed by atoms with Gasteiger partial charge in [0.2, 0.25) is 0 Å². The summed E-state index contributed by atoms with van der Waals surface area (Å²) in [7, 11) is 1.21. The van der Waals surface area contributed by atoms with Crippen LogP contribution in [-0.2, 0) is 11.2 Å². The fraction of sp³-hybridized carbons (Fsp3) is 0.333. The maximum absolute atomic E-state index is 12.4. The Morgan fingerprint density at radius 2 is 2.25 bits per heavy atom. The lowest BCUT2D eigenvalue weighted by atomic mass is 10.1. The Morgan fingerprint density at radius 3 is 2.69 bits per heavy atom. The van der Waals surface area contributed by atoms with Crippen molar-refractivity contribution in [3.63, 3.8) is 0 Å². The molecular formula is C9H9F2NO4. The van der Waals surface area contributed by atoms with Crippen molar-refractivity contribution in [1.82, 2.24) is 4.98 Å². The Bertz CT molecular complexity index is 455. The number of hydrogen-bond donors (Lipinski definition) is 2. The van der Waals surface area contributed by atoms with E-state index in [0.717, 1.165) is 6.07 Å². The van der Waals surface area contributed by atoms with E-state index in [4.69, 9.17) is 9.84 Å². The van der Waals surface area contributed by atoms with Crippen molar-refractivity contribution in [3.05, 3.63) is 27.5 Å². The van der Waals surface area contributed by atoms with E-state index in [2.05, 4.69) is 4.98 Å². The van der Waals surface area contributed by atoms with Crippen molar-refractivity contribution < 1.29 is 23.4 Å². The summed E-state index contributed by atoms with van der Waals surface area (Å²) in [5, 5.41) is 8.55. The summed E-state index contributed by atoms with van der Waals surface area (Å²) >= 11 is 0. The zero-order valence-corrected chi connectivity index (χ0v) is 8.29. The number of pyridine rings is 1.